The summed E-state index contributed by atoms with van der Waals surface area (Å²) in [6.07, 6.45) is 4.94. The molecule has 0 spiro atoms. The molecule has 1 nitrogen and oxygen atoms in total. The first-order chi connectivity index (χ1) is 7.34. The van der Waals surface area contributed by atoms with E-state index in [-0.39, 0.29) is 18.2 Å². The smallest absolute Gasteiger partial charge is 0.123 e. The van der Waals surface area contributed by atoms with Crippen LogP contribution >= 0.6 is 12.4 Å². The average molecular weight is 244 g/mol. The first-order valence-electron chi connectivity index (χ1n) is 5.80. The van der Waals surface area contributed by atoms with E-state index in [2.05, 4.69) is 5.32 Å². The van der Waals surface area contributed by atoms with Crippen LogP contribution in [0.15, 0.2) is 24.3 Å². The summed E-state index contributed by atoms with van der Waals surface area (Å²) in [5, 5.41) is 3.42. The Morgan fingerprint density at radius 1 is 1.25 bits per heavy atom. The fourth-order valence-electron chi connectivity index (χ4n) is 2.19. The van der Waals surface area contributed by atoms with Crippen molar-refractivity contribution in [2.45, 2.75) is 25.7 Å². The molecule has 1 N–H and O–H groups in total. The number of halogens is 2. The van der Waals surface area contributed by atoms with E-state index in [1.807, 2.05) is 12.1 Å². The van der Waals surface area contributed by atoms with Crippen LogP contribution in [0.3, 0.4) is 0 Å². The van der Waals surface area contributed by atoms with Crippen molar-refractivity contribution in [1.29, 1.82) is 0 Å². The number of piperidine rings is 1. The molecule has 0 amide bonds. The van der Waals surface area contributed by atoms with Gasteiger partial charge in [-0.3, -0.25) is 0 Å². The molecule has 1 aliphatic heterocycles. The van der Waals surface area contributed by atoms with Gasteiger partial charge in [-0.05, 0) is 62.4 Å². The van der Waals surface area contributed by atoms with E-state index < -0.39 is 0 Å². The van der Waals surface area contributed by atoms with Crippen molar-refractivity contribution in [2.24, 2.45) is 5.92 Å². The molecule has 3 heteroatoms. The molecule has 0 radical (unpaired) electrons. The zero-order valence-electron chi connectivity index (χ0n) is 9.42. The van der Waals surface area contributed by atoms with Crippen LogP contribution in [0, 0.1) is 11.7 Å². The highest BCUT2D eigenvalue weighted by Crippen LogP contribution is 2.17. The van der Waals surface area contributed by atoms with Crippen LogP contribution in [0.5, 0.6) is 0 Å². The molecule has 0 saturated carbocycles. The second-order valence-electron chi connectivity index (χ2n) is 4.38. The van der Waals surface area contributed by atoms with Gasteiger partial charge in [0.1, 0.15) is 5.82 Å². The molecule has 2 rings (SSSR count). The van der Waals surface area contributed by atoms with Gasteiger partial charge >= 0.3 is 0 Å². The van der Waals surface area contributed by atoms with E-state index >= 15 is 0 Å². The number of rotatable bonds is 3. The molecule has 0 aliphatic carbocycles. The second kappa shape index (κ2) is 6.87. The Morgan fingerprint density at radius 3 is 2.62 bits per heavy atom. The predicted molar refractivity (Wildman–Crippen MR) is 67.6 cm³/mol. The summed E-state index contributed by atoms with van der Waals surface area (Å²) in [6.45, 7) is 2.33. The zero-order valence-corrected chi connectivity index (χ0v) is 10.2. The van der Waals surface area contributed by atoms with Crippen LogP contribution in [0.2, 0.25) is 0 Å². The molecule has 1 saturated heterocycles. The lowest BCUT2D eigenvalue weighted by molar-refractivity contribution is 0.358. The van der Waals surface area contributed by atoms with Gasteiger partial charge in [0.2, 0.25) is 0 Å². The first kappa shape index (κ1) is 13.5. The van der Waals surface area contributed by atoms with Gasteiger partial charge in [-0.25, -0.2) is 4.39 Å². The molecule has 1 unspecified atom stereocenters. The Kier molecular flexibility index (Phi) is 5.78. The molecule has 1 aromatic carbocycles. The van der Waals surface area contributed by atoms with Crippen molar-refractivity contribution in [3.63, 3.8) is 0 Å². The second-order valence-corrected chi connectivity index (χ2v) is 4.38. The number of nitrogens with one attached hydrogen (secondary N) is 1. The van der Waals surface area contributed by atoms with E-state index in [0.29, 0.717) is 0 Å². The highest BCUT2D eigenvalue weighted by Gasteiger charge is 2.12. The third kappa shape index (κ3) is 4.11. The summed E-state index contributed by atoms with van der Waals surface area (Å²) >= 11 is 0. The monoisotopic (exact) mass is 243 g/mol. The van der Waals surface area contributed by atoms with Crippen molar-refractivity contribution in [2.75, 3.05) is 13.1 Å². The Hall–Kier alpha value is -0.600. The largest absolute Gasteiger partial charge is 0.316 e. The zero-order chi connectivity index (χ0) is 10.5. The molecular formula is C13H19ClFN. The number of hydrogen-bond donors (Lipinski definition) is 1. The van der Waals surface area contributed by atoms with Crippen LogP contribution in [0.25, 0.3) is 0 Å². The number of aryl methyl sites for hydroxylation is 1. The SMILES string of the molecule is Cl.Fc1ccc(CCC2CCCNC2)cc1. The lowest BCUT2D eigenvalue weighted by atomic mass is 9.93. The number of benzene rings is 1. The van der Waals surface area contributed by atoms with Crippen molar-refractivity contribution in [1.82, 2.24) is 5.32 Å². The van der Waals surface area contributed by atoms with Gasteiger partial charge in [-0.1, -0.05) is 12.1 Å². The lowest BCUT2D eigenvalue weighted by Gasteiger charge is -2.22. The first-order valence-corrected chi connectivity index (χ1v) is 5.80. The summed E-state index contributed by atoms with van der Waals surface area (Å²) in [6, 6.07) is 6.89. The molecule has 90 valence electrons. The maximum atomic E-state index is 12.7. The number of hydrogen-bond acceptors (Lipinski definition) is 1. The van der Waals surface area contributed by atoms with Gasteiger partial charge < -0.3 is 5.32 Å². The summed E-state index contributed by atoms with van der Waals surface area (Å²) in [4.78, 5) is 0. The van der Waals surface area contributed by atoms with E-state index in [0.717, 1.165) is 18.9 Å². The average Bonchev–Trinajstić information content (AvgIpc) is 2.30. The van der Waals surface area contributed by atoms with E-state index in [1.54, 1.807) is 12.1 Å². The van der Waals surface area contributed by atoms with E-state index in [1.165, 1.54) is 31.4 Å². The fraction of sp³-hybridized carbons (Fsp3) is 0.538. The minimum absolute atomic E-state index is 0. The van der Waals surface area contributed by atoms with Crippen LogP contribution < -0.4 is 5.32 Å². The van der Waals surface area contributed by atoms with Gasteiger partial charge in [-0.2, -0.15) is 0 Å². The maximum absolute atomic E-state index is 12.7. The molecule has 0 aromatic heterocycles. The molecule has 1 heterocycles. The van der Waals surface area contributed by atoms with Crippen LogP contribution in [0.1, 0.15) is 24.8 Å². The summed E-state index contributed by atoms with van der Waals surface area (Å²) < 4.78 is 12.7. The highest BCUT2D eigenvalue weighted by atomic mass is 35.5. The van der Waals surface area contributed by atoms with Crippen LogP contribution in [0.4, 0.5) is 4.39 Å². The van der Waals surface area contributed by atoms with Crippen LogP contribution in [-0.2, 0) is 6.42 Å². The Labute approximate surface area is 103 Å². The summed E-state index contributed by atoms with van der Waals surface area (Å²) in [5.41, 5.74) is 1.25. The van der Waals surface area contributed by atoms with Crippen molar-refractivity contribution in [3.05, 3.63) is 35.6 Å². The molecular weight excluding hydrogens is 225 g/mol. The normalized spacial score (nSPS) is 20.2. The minimum atomic E-state index is -0.141. The maximum Gasteiger partial charge on any atom is 0.123 e. The van der Waals surface area contributed by atoms with Crippen LogP contribution in [-0.4, -0.2) is 13.1 Å². The quantitative estimate of drug-likeness (QED) is 0.860. The lowest BCUT2D eigenvalue weighted by Crippen LogP contribution is -2.29. The Morgan fingerprint density at radius 2 is 2.00 bits per heavy atom. The van der Waals surface area contributed by atoms with E-state index in [4.69, 9.17) is 0 Å². The molecule has 1 aromatic rings. The molecule has 16 heavy (non-hydrogen) atoms. The van der Waals surface area contributed by atoms with Crippen molar-refractivity contribution >= 4 is 12.4 Å². The fourth-order valence-corrected chi connectivity index (χ4v) is 2.19. The molecule has 0 bridgehead atoms. The van der Waals surface area contributed by atoms with Gasteiger partial charge in [0.25, 0.3) is 0 Å². The molecule has 1 atom stereocenters. The Bertz CT molecular complexity index is 293. The van der Waals surface area contributed by atoms with Gasteiger partial charge in [0.05, 0.1) is 0 Å². The van der Waals surface area contributed by atoms with E-state index in [9.17, 15) is 4.39 Å². The van der Waals surface area contributed by atoms with Gasteiger partial charge in [-0.15, -0.1) is 12.4 Å². The predicted octanol–water partition coefficient (Wildman–Crippen LogP) is 3.18. The summed E-state index contributed by atoms with van der Waals surface area (Å²) in [7, 11) is 0. The van der Waals surface area contributed by atoms with Crippen molar-refractivity contribution < 1.29 is 4.39 Å². The minimum Gasteiger partial charge on any atom is -0.316 e. The van der Waals surface area contributed by atoms with Crippen molar-refractivity contribution in [3.8, 4) is 0 Å². The Balaban J connectivity index is 0.00000128. The molecule has 1 fully saturated rings. The highest BCUT2D eigenvalue weighted by molar-refractivity contribution is 5.85. The third-order valence-electron chi connectivity index (χ3n) is 3.15. The standard InChI is InChI=1S/C13H18FN.ClH/c14-13-7-5-11(6-8-13)3-4-12-2-1-9-15-10-12;/h5-8,12,15H,1-4,9-10H2;1H. The summed E-state index contributed by atoms with van der Waals surface area (Å²) in [5.74, 6) is 0.668. The molecule has 1 aliphatic rings. The van der Waals surface area contributed by atoms with Gasteiger partial charge in [0.15, 0.2) is 0 Å². The van der Waals surface area contributed by atoms with Gasteiger partial charge in [0, 0.05) is 0 Å². The topological polar surface area (TPSA) is 12.0 Å². The third-order valence-corrected chi connectivity index (χ3v) is 3.15.